The van der Waals surface area contributed by atoms with Crippen LogP contribution in [0.5, 0.6) is 11.5 Å². The first kappa shape index (κ1) is 25.5. The van der Waals surface area contributed by atoms with Crippen molar-refractivity contribution < 1.29 is 9.47 Å². The third-order valence-electron chi connectivity index (χ3n) is 7.69. The molecule has 0 N–H and O–H groups in total. The van der Waals surface area contributed by atoms with Gasteiger partial charge < -0.3 is 9.47 Å². The van der Waals surface area contributed by atoms with Crippen molar-refractivity contribution in [1.29, 1.82) is 0 Å². The minimum Gasteiger partial charge on any atom is -0.496 e. The van der Waals surface area contributed by atoms with Crippen LogP contribution in [0.1, 0.15) is 0 Å². The molecule has 0 amide bonds. The number of pyridine rings is 2. The third-order valence-corrected chi connectivity index (χ3v) is 7.69. The molecule has 0 saturated heterocycles. The average Bonchev–Trinajstić information content (AvgIpc) is 3.07. The summed E-state index contributed by atoms with van der Waals surface area (Å²) in [5.74, 6) is 1.55. The van der Waals surface area contributed by atoms with Gasteiger partial charge in [0.05, 0.1) is 36.6 Å². The van der Waals surface area contributed by atoms with Gasteiger partial charge in [-0.15, -0.1) is 0 Å². The van der Waals surface area contributed by atoms with Gasteiger partial charge in [0.15, 0.2) is 0 Å². The smallest absolute Gasteiger partial charge is 0.128 e. The zero-order valence-electron chi connectivity index (χ0n) is 23.4. The molecule has 5 aromatic carbocycles. The van der Waals surface area contributed by atoms with Gasteiger partial charge in [-0.2, -0.15) is 0 Å². The molecule has 202 valence electrons. The number of hydrogen-bond donors (Lipinski definition) is 0. The fourth-order valence-corrected chi connectivity index (χ4v) is 5.68. The number of rotatable bonds is 6. The summed E-state index contributed by atoms with van der Waals surface area (Å²) >= 11 is 0. The van der Waals surface area contributed by atoms with E-state index in [0.29, 0.717) is 0 Å². The lowest BCUT2D eigenvalue weighted by atomic mass is 9.93. The number of nitrogens with zero attached hydrogens (tertiary/aromatic N) is 2. The Balaban J connectivity index is 1.63. The van der Waals surface area contributed by atoms with Crippen molar-refractivity contribution in [2.24, 2.45) is 0 Å². The lowest BCUT2D eigenvalue weighted by Gasteiger charge is -2.16. The molecule has 4 nitrogen and oxygen atoms in total. The molecule has 7 rings (SSSR count). The molecule has 0 bridgehead atoms. The summed E-state index contributed by atoms with van der Waals surface area (Å²) in [6, 6.07) is 45.6. The van der Waals surface area contributed by atoms with Crippen molar-refractivity contribution in [2.45, 2.75) is 0 Å². The van der Waals surface area contributed by atoms with Crippen LogP contribution in [0.15, 0.2) is 133 Å². The summed E-state index contributed by atoms with van der Waals surface area (Å²) in [7, 11) is 3.39. The Kier molecular flexibility index (Phi) is 6.57. The number of benzene rings is 5. The molecule has 0 saturated carbocycles. The number of aromatic nitrogens is 2. The highest BCUT2D eigenvalue weighted by Crippen LogP contribution is 2.41. The Hall–Kier alpha value is -5.48. The fraction of sp³-hybridized carbons (Fsp3) is 0.0526. The molecular formula is C38H28N2O2. The van der Waals surface area contributed by atoms with Crippen molar-refractivity contribution in [3.63, 3.8) is 0 Å². The standard InChI is InChI=1S/C38H28N2O2/c1-41-35-19-11-9-17-29(35)33-23-31(25-13-5-3-6-14-25)27-21-22-28-32(26-15-7-4-8-16-26)24-34(40-38(28)37(27)39-33)30-18-10-12-20-36(30)42-2/h3-24H,1-2H3. The van der Waals surface area contributed by atoms with Crippen molar-refractivity contribution in [2.75, 3.05) is 14.2 Å². The summed E-state index contributed by atoms with van der Waals surface area (Å²) in [5, 5.41) is 2.08. The van der Waals surface area contributed by atoms with Crippen LogP contribution in [0.2, 0.25) is 0 Å². The van der Waals surface area contributed by atoms with Gasteiger partial charge in [0, 0.05) is 21.9 Å². The lowest BCUT2D eigenvalue weighted by Crippen LogP contribution is -1.97. The molecular weight excluding hydrogens is 516 g/mol. The zero-order chi connectivity index (χ0) is 28.5. The molecule has 0 radical (unpaired) electrons. The highest BCUT2D eigenvalue weighted by molar-refractivity contribution is 6.13. The van der Waals surface area contributed by atoms with Crippen LogP contribution in [0.4, 0.5) is 0 Å². The van der Waals surface area contributed by atoms with Gasteiger partial charge in [0.25, 0.3) is 0 Å². The molecule has 2 aromatic heterocycles. The minimum atomic E-state index is 0.774. The second-order valence-corrected chi connectivity index (χ2v) is 10.1. The van der Waals surface area contributed by atoms with Gasteiger partial charge in [-0.25, -0.2) is 9.97 Å². The molecule has 0 fully saturated rings. The van der Waals surface area contributed by atoms with Gasteiger partial charge in [0.1, 0.15) is 11.5 Å². The number of ether oxygens (including phenoxy) is 2. The van der Waals surface area contributed by atoms with E-state index in [4.69, 9.17) is 19.4 Å². The van der Waals surface area contributed by atoms with Crippen LogP contribution in [0.3, 0.4) is 0 Å². The molecule has 42 heavy (non-hydrogen) atoms. The first-order valence-electron chi connectivity index (χ1n) is 13.9. The lowest BCUT2D eigenvalue weighted by molar-refractivity contribution is 0.416. The Morgan fingerprint density at radius 1 is 0.405 bits per heavy atom. The van der Waals surface area contributed by atoms with E-state index < -0.39 is 0 Å². The molecule has 0 aliphatic rings. The Labute approximate surface area is 244 Å². The van der Waals surface area contributed by atoms with E-state index in [1.54, 1.807) is 14.2 Å². The van der Waals surface area contributed by atoms with Gasteiger partial charge in [0.2, 0.25) is 0 Å². The molecule has 0 atom stereocenters. The largest absolute Gasteiger partial charge is 0.496 e. The van der Waals surface area contributed by atoms with Gasteiger partial charge in [-0.3, -0.25) is 0 Å². The zero-order valence-corrected chi connectivity index (χ0v) is 23.4. The molecule has 4 heteroatoms. The minimum absolute atomic E-state index is 0.774. The van der Waals surface area contributed by atoms with Crippen molar-refractivity contribution in [1.82, 2.24) is 9.97 Å². The number of para-hydroxylation sites is 2. The van der Waals surface area contributed by atoms with E-state index in [2.05, 4.69) is 84.9 Å². The van der Waals surface area contributed by atoms with Crippen LogP contribution in [0.25, 0.3) is 66.6 Å². The first-order chi connectivity index (χ1) is 20.7. The van der Waals surface area contributed by atoms with E-state index in [1.807, 2.05) is 48.5 Å². The van der Waals surface area contributed by atoms with Crippen molar-refractivity contribution in [3.8, 4) is 56.3 Å². The quantitative estimate of drug-likeness (QED) is 0.196. The normalized spacial score (nSPS) is 11.1. The predicted octanol–water partition coefficient (Wildman–Crippen LogP) is 9.47. The maximum Gasteiger partial charge on any atom is 0.128 e. The van der Waals surface area contributed by atoms with E-state index >= 15 is 0 Å². The van der Waals surface area contributed by atoms with E-state index in [9.17, 15) is 0 Å². The van der Waals surface area contributed by atoms with Gasteiger partial charge in [-0.1, -0.05) is 97.1 Å². The van der Waals surface area contributed by atoms with Crippen molar-refractivity contribution in [3.05, 3.63) is 133 Å². The van der Waals surface area contributed by atoms with Crippen LogP contribution in [-0.2, 0) is 0 Å². The van der Waals surface area contributed by atoms with Crippen LogP contribution >= 0.6 is 0 Å². The first-order valence-corrected chi connectivity index (χ1v) is 13.9. The SMILES string of the molecule is COc1ccccc1-c1cc(-c2ccccc2)c2ccc3c(-c4ccccc4)cc(-c4ccccc4OC)nc3c2n1. The van der Waals surface area contributed by atoms with Gasteiger partial charge >= 0.3 is 0 Å². The maximum absolute atomic E-state index is 5.75. The summed E-state index contributed by atoms with van der Waals surface area (Å²) in [6.07, 6.45) is 0. The van der Waals surface area contributed by atoms with Crippen molar-refractivity contribution >= 4 is 21.8 Å². The third kappa shape index (κ3) is 4.43. The van der Waals surface area contributed by atoms with E-state index in [-0.39, 0.29) is 0 Å². The molecule has 0 aliphatic heterocycles. The summed E-state index contributed by atoms with van der Waals surface area (Å²) < 4.78 is 11.5. The predicted molar refractivity (Wildman–Crippen MR) is 172 cm³/mol. The second kappa shape index (κ2) is 10.8. The molecule has 2 heterocycles. The summed E-state index contributed by atoms with van der Waals surface area (Å²) in [6.45, 7) is 0. The fourth-order valence-electron chi connectivity index (χ4n) is 5.68. The number of methoxy groups -OCH3 is 2. The van der Waals surface area contributed by atoms with E-state index in [1.165, 1.54) is 0 Å². The average molecular weight is 545 g/mol. The molecule has 0 spiro atoms. The second-order valence-electron chi connectivity index (χ2n) is 10.1. The Morgan fingerprint density at radius 3 is 1.19 bits per heavy atom. The summed E-state index contributed by atoms with van der Waals surface area (Å²) in [5.41, 5.74) is 9.61. The summed E-state index contributed by atoms with van der Waals surface area (Å²) in [4.78, 5) is 10.6. The highest BCUT2D eigenvalue weighted by atomic mass is 16.5. The Bertz CT molecular complexity index is 1900. The Morgan fingerprint density at radius 2 is 0.786 bits per heavy atom. The van der Waals surface area contributed by atoms with Crippen LogP contribution in [-0.4, -0.2) is 24.2 Å². The topological polar surface area (TPSA) is 44.2 Å². The van der Waals surface area contributed by atoms with Crippen LogP contribution in [0, 0.1) is 0 Å². The van der Waals surface area contributed by atoms with Crippen LogP contribution < -0.4 is 9.47 Å². The number of hydrogen-bond acceptors (Lipinski definition) is 4. The van der Waals surface area contributed by atoms with Gasteiger partial charge in [-0.05, 0) is 58.7 Å². The molecule has 0 unspecified atom stereocenters. The molecule has 7 aromatic rings. The molecule has 0 aliphatic carbocycles. The van der Waals surface area contributed by atoms with E-state index in [0.717, 1.165) is 78.1 Å². The number of fused-ring (bicyclic) bond motifs is 3. The maximum atomic E-state index is 5.75. The highest BCUT2D eigenvalue weighted by Gasteiger charge is 2.19. The monoisotopic (exact) mass is 544 g/mol.